The van der Waals surface area contributed by atoms with Crippen molar-refractivity contribution in [3.63, 3.8) is 0 Å². The standard InChI is InChI=1S/C52H33BN2S/c1-4-16-34(17-5-1)35-28-29-49-44(30-35)51-52(56-49)53-45-26-14-15-27-46(45)54(38-19-6-2-7-20-38)47-32-37(33-48(50(47)53)55(51)39-21-8-3-9-22-39)43-31-36-18-10-11-23-40(36)41-24-12-13-25-42(41)43/h1-33H/i1D,4D,5D,10D,11D,12D,13D,14D,15D,16D,17D,18D,23D,24D,25D,26D,27D,31D. The normalized spacial score (nSPS) is 17.4. The first-order valence-electron chi connectivity index (χ1n) is 26.8. The molecule has 0 bridgehead atoms. The lowest BCUT2D eigenvalue weighted by molar-refractivity contribution is 1.26. The Bertz CT molecular complexity index is 4180. The molecule has 12 rings (SSSR count). The van der Waals surface area contributed by atoms with Crippen molar-refractivity contribution in [1.29, 1.82) is 0 Å². The fourth-order valence-corrected chi connectivity index (χ4v) is 9.53. The van der Waals surface area contributed by atoms with Gasteiger partial charge in [0, 0.05) is 43.3 Å². The van der Waals surface area contributed by atoms with Gasteiger partial charge in [-0.05, 0) is 115 Å². The highest BCUT2D eigenvalue weighted by Crippen LogP contribution is 2.50. The van der Waals surface area contributed by atoms with Gasteiger partial charge in [-0.3, -0.25) is 0 Å². The van der Waals surface area contributed by atoms with E-state index >= 15 is 0 Å². The molecule has 1 aromatic heterocycles. The molecule has 0 radical (unpaired) electrons. The number of nitrogens with zero attached hydrogens (tertiary/aromatic N) is 2. The molecule has 0 N–H and O–H groups in total. The molecule has 260 valence electrons. The molecule has 56 heavy (non-hydrogen) atoms. The summed E-state index contributed by atoms with van der Waals surface area (Å²) in [7, 11) is 0. The summed E-state index contributed by atoms with van der Waals surface area (Å²) in [6.45, 7) is -0.935. The second kappa shape index (κ2) is 12.3. The average molecular weight is 747 g/mol. The molecule has 0 aliphatic carbocycles. The first-order valence-corrected chi connectivity index (χ1v) is 18.6. The quantitative estimate of drug-likeness (QED) is 0.131. The zero-order valence-electron chi connectivity index (χ0n) is 47.0. The molecule has 0 spiro atoms. The zero-order chi connectivity index (χ0) is 52.4. The highest BCUT2D eigenvalue weighted by atomic mass is 32.1. The zero-order valence-corrected chi connectivity index (χ0v) is 29.9. The lowest BCUT2D eigenvalue weighted by atomic mass is 9.36. The second-order valence-corrected chi connectivity index (χ2v) is 14.6. The van der Waals surface area contributed by atoms with Crippen molar-refractivity contribution in [3.8, 4) is 22.3 Å². The molecule has 0 saturated heterocycles. The second-order valence-electron chi connectivity index (χ2n) is 13.5. The van der Waals surface area contributed by atoms with Crippen molar-refractivity contribution >= 4 is 99.5 Å². The van der Waals surface area contributed by atoms with Crippen LogP contribution in [0, 0.1) is 0 Å². The molecule has 9 aromatic carbocycles. The molecule has 2 nitrogen and oxygen atoms in total. The minimum absolute atomic E-state index is 0.0331. The number of para-hydroxylation sites is 3. The molecule has 4 heteroatoms. The summed E-state index contributed by atoms with van der Waals surface area (Å²) < 4.78 is 164. The Hall–Kier alpha value is -6.88. The lowest BCUT2D eigenvalue weighted by Crippen LogP contribution is -2.60. The van der Waals surface area contributed by atoms with Gasteiger partial charge >= 0.3 is 0 Å². The molecule has 0 saturated carbocycles. The van der Waals surface area contributed by atoms with Crippen molar-refractivity contribution in [1.82, 2.24) is 0 Å². The maximum Gasteiger partial charge on any atom is 0.264 e. The van der Waals surface area contributed by atoms with Crippen LogP contribution in [0.4, 0.5) is 34.1 Å². The number of anilines is 6. The fraction of sp³-hybridized carbons (Fsp3) is 0. The van der Waals surface area contributed by atoms with Crippen LogP contribution in [0.25, 0.3) is 53.9 Å². The van der Waals surface area contributed by atoms with E-state index < -0.39 is 103 Å². The first kappa shape index (κ1) is 18.6. The Balaban J connectivity index is 1.31. The van der Waals surface area contributed by atoms with Gasteiger partial charge in [0.2, 0.25) is 0 Å². The van der Waals surface area contributed by atoms with Gasteiger partial charge in [-0.2, -0.15) is 0 Å². The van der Waals surface area contributed by atoms with E-state index in [1.165, 1.54) is 11.3 Å². The predicted octanol–water partition coefficient (Wildman–Crippen LogP) is 12.6. The summed E-state index contributed by atoms with van der Waals surface area (Å²) in [5, 5.41) is -0.376. The van der Waals surface area contributed by atoms with Crippen molar-refractivity contribution in [3.05, 3.63) is 200 Å². The maximum atomic E-state index is 10.0. The van der Waals surface area contributed by atoms with E-state index in [4.69, 9.17) is 16.4 Å². The minimum atomic E-state index is -0.935. The molecule has 0 unspecified atom stereocenters. The summed E-state index contributed by atoms with van der Waals surface area (Å²) >= 11 is 1.36. The molecular weight excluding hydrogens is 695 g/mol. The largest absolute Gasteiger partial charge is 0.311 e. The molecule has 0 fully saturated rings. The number of thiophene rings is 1. The lowest BCUT2D eigenvalue weighted by Gasteiger charge is -2.43. The highest BCUT2D eigenvalue weighted by Gasteiger charge is 2.45. The molecule has 0 atom stereocenters. The molecule has 2 aliphatic rings. The minimum Gasteiger partial charge on any atom is -0.311 e. The molecule has 10 aromatic rings. The number of benzene rings is 9. The summed E-state index contributed by atoms with van der Waals surface area (Å²) in [5.74, 6) is 0. The van der Waals surface area contributed by atoms with Crippen LogP contribution in [0.5, 0.6) is 0 Å². The van der Waals surface area contributed by atoms with E-state index in [2.05, 4.69) is 0 Å². The van der Waals surface area contributed by atoms with Gasteiger partial charge in [0.25, 0.3) is 6.71 Å². The van der Waals surface area contributed by atoms with E-state index in [-0.39, 0.29) is 61.5 Å². The Morgan fingerprint density at radius 1 is 0.482 bits per heavy atom. The molecular formula is C52H33BN2S. The average Bonchev–Trinajstić information content (AvgIpc) is 3.82. The van der Waals surface area contributed by atoms with Crippen LogP contribution in [0.3, 0.4) is 0 Å². The van der Waals surface area contributed by atoms with Gasteiger partial charge in [-0.1, -0.05) is 139 Å². The molecule has 2 aliphatic heterocycles. The van der Waals surface area contributed by atoms with Gasteiger partial charge in [0.05, 0.1) is 30.4 Å². The van der Waals surface area contributed by atoms with E-state index in [0.717, 1.165) is 0 Å². The summed E-state index contributed by atoms with van der Waals surface area (Å²) in [6, 6.07) is 17.3. The third-order valence-corrected chi connectivity index (χ3v) is 11.7. The monoisotopic (exact) mass is 746 g/mol. The SMILES string of the molecule is [2H]c1c([2H])c([2H])c(-c2ccc3sc4c(c3c2)N(c2ccccc2)c2cc(-c3c([2H])c5c([2H])c([2H])c([2H])c([2H])c5c5c([2H])c([2H])c([2H])c([2H])c35)cc3c2B4c2c([2H])c([2H])c([2H])c([2H])c2N3c2ccccc2)c([2H])c1[2H]. The van der Waals surface area contributed by atoms with Crippen LogP contribution in [0.1, 0.15) is 24.7 Å². The molecule has 3 heterocycles. The Morgan fingerprint density at radius 2 is 1.12 bits per heavy atom. The van der Waals surface area contributed by atoms with E-state index in [9.17, 15) is 8.22 Å². The van der Waals surface area contributed by atoms with Gasteiger partial charge in [0.15, 0.2) is 0 Å². The van der Waals surface area contributed by atoms with Crippen LogP contribution in [0.2, 0.25) is 0 Å². The number of hydrogen-bond acceptors (Lipinski definition) is 3. The Kier molecular flexibility index (Phi) is 4.10. The first-order chi connectivity index (χ1) is 35.3. The third kappa shape index (κ3) is 4.63. The Labute approximate surface area is 355 Å². The van der Waals surface area contributed by atoms with Crippen molar-refractivity contribution in [2.75, 3.05) is 9.80 Å². The summed E-state index contributed by atoms with van der Waals surface area (Å²) in [5.41, 5.74) is 3.67. The van der Waals surface area contributed by atoms with Gasteiger partial charge in [-0.15, -0.1) is 11.3 Å². The van der Waals surface area contributed by atoms with Gasteiger partial charge < -0.3 is 9.80 Å². The smallest absolute Gasteiger partial charge is 0.264 e. The van der Waals surface area contributed by atoms with Crippen LogP contribution < -0.4 is 25.5 Å². The number of fused-ring (bicyclic) bond motifs is 9. The van der Waals surface area contributed by atoms with Crippen molar-refractivity contribution in [2.45, 2.75) is 0 Å². The van der Waals surface area contributed by atoms with Gasteiger partial charge in [-0.25, -0.2) is 0 Å². The van der Waals surface area contributed by atoms with Crippen LogP contribution in [-0.2, 0) is 0 Å². The number of hydrogen-bond donors (Lipinski definition) is 0. The van der Waals surface area contributed by atoms with Crippen LogP contribution in [0.15, 0.2) is 200 Å². The predicted molar refractivity (Wildman–Crippen MR) is 242 cm³/mol. The Morgan fingerprint density at radius 3 is 1.91 bits per heavy atom. The maximum absolute atomic E-state index is 10.0. The van der Waals surface area contributed by atoms with Crippen LogP contribution in [-0.4, -0.2) is 6.71 Å². The van der Waals surface area contributed by atoms with Crippen molar-refractivity contribution in [2.24, 2.45) is 0 Å². The summed E-state index contributed by atoms with van der Waals surface area (Å²) in [6.07, 6.45) is 0. The van der Waals surface area contributed by atoms with Crippen LogP contribution >= 0.6 is 11.3 Å². The summed E-state index contributed by atoms with van der Waals surface area (Å²) in [4.78, 5) is 3.67. The van der Waals surface area contributed by atoms with Crippen molar-refractivity contribution < 1.29 is 24.7 Å². The van der Waals surface area contributed by atoms with E-state index in [1.807, 2.05) is 35.2 Å². The third-order valence-electron chi connectivity index (χ3n) is 10.5. The number of rotatable bonds is 4. The molecule has 0 amide bonds. The fourth-order valence-electron chi connectivity index (χ4n) is 8.24. The van der Waals surface area contributed by atoms with E-state index in [0.29, 0.717) is 54.3 Å². The highest BCUT2D eigenvalue weighted by molar-refractivity contribution is 7.33. The topological polar surface area (TPSA) is 6.48 Å². The van der Waals surface area contributed by atoms with E-state index in [1.54, 1.807) is 65.6 Å². The van der Waals surface area contributed by atoms with Gasteiger partial charge in [0.1, 0.15) is 0 Å².